The van der Waals surface area contributed by atoms with Crippen molar-refractivity contribution < 1.29 is 13.2 Å². The van der Waals surface area contributed by atoms with E-state index in [9.17, 15) is 13.2 Å². The van der Waals surface area contributed by atoms with E-state index in [1.807, 2.05) is 0 Å². The molecule has 21 heavy (non-hydrogen) atoms. The van der Waals surface area contributed by atoms with Gasteiger partial charge in [-0.15, -0.1) is 0 Å². The summed E-state index contributed by atoms with van der Waals surface area (Å²) in [5, 5.41) is 0.127. The van der Waals surface area contributed by atoms with Crippen LogP contribution in [0, 0.1) is 0 Å². The number of carbonyl (C=O) groups excluding carboxylic acids is 1. The molecule has 1 unspecified atom stereocenters. The fraction of sp³-hybridized carbons (Fsp3) is 0.692. The van der Waals surface area contributed by atoms with E-state index in [2.05, 4.69) is 9.97 Å². The lowest BCUT2D eigenvalue weighted by molar-refractivity contribution is -0.128. The molecule has 0 bridgehead atoms. The Bertz CT molecular complexity index is 599. The maximum Gasteiger partial charge on any atom is 0.260 e. The van der Waals surface area contributed by atoms with Crippen LogP contribution in [0.4, 0.5) is 0 Å². The standard InChI is InChI=1S/C13H20N4O3S/c18-13-5-3-6-16(13)9-11-4-1-2-7-17(11)21(19,20)12-8-14-10-15-12/h8,10-11H,1-7,9H2,(H,14,15). The van der Waals surface area contributed by atoms with E-state index in [1.54, 1.807) is 4.90 Å². The van der Waals surface area contributed by atoms with Crippen molar-refractivity contribution in [1.29, 1.82) is 0 Å². The predicted octanol–water partition coefficient (Wildman–Crippen LogP) is 0.575. The third kappa shape index (κ3) is 2.82. The van der Waals surface area contributed by atoms with Gasteiger partial charge in [-0.25, -0.2) is 13.4 Å². The minimum absolute atomic E-state index is 0.127. The molecule has 1 atom stereocenters. The number of carbonyl (C=O) groups is 1. The van der Waals surface area contributed by atoms with Crippen molar-refractivity contribution in [1.82, 2.24) is 19.2 Å². The Balaban J connectivity index is 1.80. The molecule has 3 heterocycles. The topological polar surface area (TPSA) is 86.4 Å². The zero-order valence-corrected chi connectivity index (χ0v) is 12.7. The van der Waals surface area contributed by atoms with Crippen LogP contribution in [-0.2, 0) is 14.8 Å². The summed E-state index contributed by atoms with van der Waals surface area (Å²) in [5.41, 5.74) is 0. The maximum absolute atomic E-state index is 12.7. The van der Waals surface area contributed by atoms with E-state index >= 15 is 0 Å². The number of likely N-dealkylation sites (tertiary alicyclic amines) is 1. The highest BCUT2D eigenvalue weighted by Crippen LogP contribution is 2.26. The van der Waals surface area contributed by atoms with Crippen molar-refractivity contribution in [2.24, 2.45) is 0 Å². The molecule has 1 aromatic rings. The summed E-state index contributed by atoms with van der Waals surface area (Å²) >= 11 is 0. The van der Waals surface area contributed by atoms with Gasteiger partial charge in [0.1, 0.15) is 0 Å². The zero-order chi connectivity index (χ0) is 14.9. The van der Waals surface area contributed by atoms with Gasteiger partial charge in [0.25, 0.3) is 10.0 Å². The number of hydrogen-bond donors (Lipinski definition) is 1. The van der Waals surface area contributed by atoms with Gasteiger partial charge in [-0.1, -0.05) is 6.42 Å². The Morgan fingerprint density at radius 3 is 2.81 bits per heavy atom. The average Bonchev–Trinajstić information content (AvgIpc) is 3.12. The molecule has 1 amide bonds. The molecule has 0 saturated carbocycles. The second kappa shape index (κ2) is 5.76. The van der Waals surface area contributed by atoms with Crippen LogP contribution in [0.1, 0.15) is 32.1 Å². The van der Waals surface area contributed by atoms with Crippen molar-refractivity contribution in [2.75, 3.05) is 19.6 Å². The molecule has 8 heteroatoms. The summed E-state index contributed by atoms with van der Waals surface area (Å²) in [6, 6.07) is -0.130. The zero-order valence-electron chi connectivity index (χ0n) is 11.9. The van der Waals surface area contributed by atoms with Crippen molar-refractivity contribution in [3.63, 3.8) is 0 Å². The number of hydrogen-bond acceptors (Lipinski definition) is 4. The summed E-state index contributed by atoms with van der Waals surface area (Å²) in [6.07, 6.45) is 6.83. The highest BCUT2D eigenvalue weighted by molar-refractivity contribution is 7.89. The normalized spacial score (nSPS) is 24.7. The number of aromatic amines is 1. The number of H-pyrrole nitrogens is 1. The molecule has 0 aliphatic carbocycles. The van der Waals surface area contributed by atoms with Crippen molar-refractivity contribution in [2.45, 2.75) is 43.2 Å². The first-order valence-electron chi connectivity index (χ1n) is 7.37. The van der Waals surface area contributed by atoms with Gasteiger partial charge < -0.3 is 9.88 Å². The molecule has 3 rings (SSSR count). The van der Waals surface area contributed by atoms with Crippen LogP contribution < -0.4 is 0 Å². The highest BCUT2D eigenvalue weighted by atomic mass is 32.2. The molecule has 0 aromatic carbocycles. The average molecular weight is 312 g/mol. The summed E-state index contributed by atoms with van der Waals surface area (Å²) in [6.45, 7) is 1.76. The Kier molecular flexibility index (Phi) is 3.99. The molecule has 1 N–H and O–H groups in total. The Morgan fingerprint density at radius 1 is 1.29 bits per heavy atom. The Hall–Kier alpha value is -1.41. The SMILES string of the molecule is O=C1CCCN1CC1CCCCN1S(=O)(=O)c1cnc[nH]1. The third-order valence-corrected chi connectivity index (χ3v) is 6.11. The molecule has 2 saturated heterocycles. The number of nitrogens with zero attached hydrogens (tertiary/aromatic N) is 3. The van der Waals surface area contributed by atoms with Crippen LogP contribution in [0.25, 0.3) is 0 Å². The number of imidazole rings is 1. The third-order valence-electron chi connectivity index (χ3n) is 4.24. The molecule has 0 spiro atoms. The van der Waals surface area contributed by atoms with Crippen LogP contribution in [0.2, 0.25) is 0 Å². The lowest BCUT2D eigenvalue weighted by Gasteiger charge is -2.36. The minimum Gasteiger partial charge on any atom is -0.341 e. The first kappa shape index (κ1) is 14.5. The molecule has 2 aliphatic heterocycles. The van der Waals surface area contributed by atoms with E-state index in [-0.39, 0.29) is 17.0 Å². The van der Waals surface area contributed by atoms with Crippen LogP contribution >= 0.6 is 0 Å². The van der Waals surface area contributed by atoms with Gasteiger partial charge in [-0.3, -0.25) is 4.79 Å². The largest absolute Gasteiger partial charge is 0.341 e. The molecule has 0 radical (unpaired) electrons. The van der Waals surface area contributed by atoms with E-state index in [0.29, 0.717) is 19.5 Å². The van der Waals surface area contributed by atoms with Crippen LogP contribution in [0.15, 0.2) is 17.6 Å². The van der Waals surface area contributed by atoms with Gasteiger partial charge in [-0.2, -0.15) is 4.31 Å². The lowest BCUT2D eigenvalue weighted by atomic mass is 10.0. The van der Waals surface area contributed by atoms with Crippen molar-refractivity contribution in [3.05, 3.63) is 12.5 Å². The second-order valence-corrected chi connectivity index (χ2v) is 7.48. The summed E-state index contributed by atoms with van der Waals surface area (Å²) in [4.78, 5) is 20.0. The van der Waals surface area contributed by atoms with E-state index < -0.39 is 10.0 Å². The van der Waals surface area contributed by atoms with Crippen LogP contribution in [0.5, 0.6) is 0 Å². The molecular formula is C13H20N4O3S. The van der Waals surface area contributed by atoms with Crippen LogP contribution in [-0.4, -0.2) is 59.2 Å². The summed E-state index contributed by atoms with van der Waals surface area (Å²) in [7, 11) is -3.55. The van der Waals surface area contributed by atoms with Crippen molar-refractivity contribution >= 4 is 15.9 Å². The molecule has 1 aromatic heterocycles. The molecule has 2 aliphatic rings. The number of sulfonamides is 1. The second-order valence-electron chi connectivity index (χ2n) is 5.62. The quantitative estimate of drug-likeness (QED) is 0.881. The fourth-order valence-electron chi connectivity index (χ4n) is 3.13. The number of amides is 1. The predicted molar refractivity (Wildman–Crippen MR) is 75.9 cm³/mol. The van der Waals surface area contributed by atoms with Gasteiger partial charge >= 0.3 is 0 Å². The molecule has 7 nitrogen and oxygen atoms in total. The number of nitrogens with one attached hydrogen (secondary N) is 1. The fourth-order valence-corrected chi connectivity index (χ4v) is 4.72. The van der Waals surface area contributed by atoms with E-state index in [1.165, 1.54) is 16.8 Å². The summed E-state index contributed by atoms with van der Waals surface area (Å²) < 4.78 is 26.9. The Morgan fingerprint density at radius 2 is 2.14 bits per heavy atom. The number of piperidine rings is 1. The molecule has 2 fully saturated rings. The first-order chi connectivity index (χ1) is 10.1. The smallest absolute Gasteiger partial charge is 0.260 e. The van der Waals surface area contributed by atoms with Gasteiger partial charge in [0.15, 0.2) is 5.03 Å². The number of aromatic nitrogens is 2. The first-order valence-corrected chi connectivity index (χ1v) is 8.81. The van der Waals surface area contributed by atoms with Gasteiger partial charge in [-0.05, 0) is 19.3 Å². The maximum atomic E-state index is 12.7. The molecule has 116 valence electrons. The highest BCUT2D eigenvalue weighted by Gasteiger charge is 2.36. The van der Waals surface area contributed by atoms with Gasteiger partial charge in [0.05, 0.1) is 12.5 Å². The minimum atomic E-state index is -3.55. The monoisotopic (exact) mass is 312 g/mol. The molecular weight excluding hydrogens is 292 g/mol. The number of rotatable bonds is 4. The van der Waals surface area contributed by atoms with Gasteiger partial charge in [0, 0.05) is 32.1 Å². The Labute approximate surface area is 124 Å². The summed E-state index contributed by atoms with van der Waals surface area (Å²) in [5.74, 6) is 0.138. The van der Waals surface area contributed by atoms with Crippen molar-refractivity contribution in [3.8, 4) is 0 Å². The van der Waals surface area contributed by atoms with Crippen LogP contribution in [0.3, 0.4) is 0 Å². The van der Waals surface area contributed by atoms with E-state index in [4.69, 9.17) is 0 Å². The van der Waals surface area contributed by atoms with E-state index in [0.717, 1.165) is 32.2 Å². The van der Waals surface area contributed by atoms with Gasteiger partial charge in [0.2, 0.25) is 5.91 Å². The lowest BCUT2D eigenvalue weighted by Crippen LogP contribution is -2.49.